The highest BCUT2D eigenvalue weighted by Gasteiger charge is 2.14. The van der Waals surface area contributed by atoms with E-state index < -0.39 is 11.7 Å². The first-order chi connectivity index (χ1) is 26.7. The van der Waals surface area contributed by atoms with E-state index in [1.165, 1.54) is 24.0 Å². The number of benzene rings is 4. The van der Waals surface area contributed by atoms with Crippen molar-refractivity contribution in [3.05, 3.63) is 144 Å². The van der Waals surface area contributed by atoms with E-state index >= 15 is 0 Å². The fourth-order valence-corrected chi connectivity index (χ4v) is 4.57. The topological polar surface area (TPSA) is 140 Å². The zero-order valence-electron chi connectivity index (χ0n) is 34.0. The lowest BCUT2D eigenvalue weighted by Gasteiger charge is -2.18. The average Bonchev–Trinajstić information content (AvgIpc) is 3.80. The number of ketones is 1. The molecule has 1 aliphatic rings. The molecule has 1 amide bonds. The lowest BCUT2D eigenvalue weighted by atomic mass is 10.2. The third-order valence-corrected chi connectivity index (χ3v) is 7.36. The molecule has 0 saturated carbocycles. The van der Waals surface area contributed by atoms with E-state index in [4.69, 9.17) is 34.3 Å². The molecule has 1 radical (unpaired) electrons. The SMILES string of the molecule is C1CCOC1.CC(C)(C)OC(=O)NN.CNC(COCc1ccccc1)COCc1ccccc1.O=C(COCc1ccccc1)COCc1ccccc1.[BH2]. The molecule has 56 heavy (non-hydrogen) atoms. The second-order valence-corrected chi connectivity index (χ2v) is 13.4. The Morgan fingerprint density at radius 2 is 0.964 bits per heavy atom. The zero-order chi connectivity index (χ0) is 39.8. The summed E-state index contributed by atoms with van der Waals surface area (Å²) in [7, 11) is 1.93. The molecule has 0 spiro atoms. The molecule has 1 aliphatic heterocycles. The van der Waals surface area contributed by atoms with Crippen LogP contribution in [0.15, 0.2) is 121 Å². The summed E-state index contributed by atoms with van der Waals surface area (Å²) in [5.74, 6) is 4.71. The van der Waals surface area contributed by atoms with E-state index in [1.807, 2.05) is 110 Å². The standard InChI is InChI=1S/C18H23NO2.C17H18O3.C5H12N2O2.C4H8O.BH2/c1-19-18(14-20-12-16-8-4-2-5-9-16)15-21-13-17-10-6-3-7-11-17;18-17(13-19-11-15-7-3-1-4-8-15)14-20-12-16-9-5-2-6-10-16;1-5(2,3)9-4(8)7-6;1-2-4-5-3-1;/h2-11,18-19H,12-15H2,1H3;1-10H,11-14H2;6H2,1-3H3,(H,7,8);1-4H2;1H2. The van der Waals surface area contributed by atoms with Crippen LogP contribution in [0.5, 0.6) is 0 Å². The number of ether oxygens (including phenoxy) is 6. The van der Waals surface area contributed by atoms with Crippen LogP contribution < -0.4 is 16.6 Å². The highest BCUT2D eigenvalue weighted by Crippen LogP contribution is 2.06. The Kier molecular flexibility index (Phi) is 28.2. The monoisotopic (exact) mass is 772 g/mol. The summed E-state index contributed by atoms with van der Waals surface area (Å²) in [4.78, 5) is 21.9. The van der Waals surface area contributed by atoms with E-state index in [-0.39, 0.29) is 33.5 Å². The fraction of sp³-hybridized carbons (Fsp3) is 0.409. The Balaban J connectivity index is 0.000000414. The first kappa shape index (κ1) is 49.6. The van der Waals surface area contributed by atoms with Gasteiger partial charge in [0.25, 0.3) is 0 Å². The largest absolute Gasteiger partial charge is 0.443 e. The number of carbonyl (C=O) groups is 2. The summed E-state index contributed by atoms with van der Waals surface area (Å²) in [6, 6.07) is 40.2. The van der Waals surface area contributed by atoms with Gasteiger partial charge < -0.3 is 33.7 Å². The highest BCUT2D eigenvalue weighted by atomic mass is 16.6. The van der Waals surface area contributed by atoms with E-state index in [0.717, 1.165) is 24.3 Å². The van der Waals surface area contributed by atoms with Gasteiger partial charge in [0.15, 0.2) is 5.78 Å². The van der Waals surface area contributed by atoms with Crippen molar-refractivity contribution in [1.82, 2.24) is 10.7 Å². The van der Waals surface area contributed by atoms with E-state index in [1.54, 1.807) is 20.8 Å². The molecule has 12 heteroatoms. The van der Waals surface area contributed by atoms with Gasteiger partial charge in [-0.05, 0) is 62.9 Å². The Labute approximate surface area is 336 Å². The molecule has 305 valence electrons. The molecule has 1 heterocycles. The Bertz CT molecular complexity index is 1410. The maximum absolute atomic E-state index is 11.6. The molecule has 4 N–H and O–H groups in total. The summed E-state index contributed by atoms with van der Waals surface area (Å²) >= 11 is 0. The summed E-state index contributed by atoms with van der Waals surface area (Å²) in [5, 5.41) is 3.22. The molecule has 0 unspecified atom stereocenters. The van der Waals surface area contributed by atoms with Gasteiger partial charge >= 0.3 is 6.09 Å². The number of nitrogens with two attached hydrogens (primary N) is 1. The maximum atomic E-state index is 11.6. The first-order valence-electron chi connectivity index (χ1n) is 18.6. The van der Waals surface area contributed by atoms with Gasteiger partial charge in [-0.15, -0.1) is 0 Å². The van der Waals surface area contributed by atoms with Crippen molar-refractivity contribution in [2.45, 2.75) is 71.7 Å². The molecule has 0 bridgehead atoms. The number of nitrogens with one attached hydrogen (secondary N) is 2. The molecular weight excluding hydrogens is 709 g/mol. The maximum Gasteiger partial charge on any atom is 0.421 e. The van der Waals surface area contributed by atoms with Gasteiger partial charge in [0.1, 0.15) is 18.8 Å². The van der Waals surface area contributed by atoms with Gasteiger partial charge in [-0.1, -0.05) is 121 Å². The third-order valence-electron chi connectivity index (χ3n) is 7.36. The molecule has 4 aromatic carbocycles. The molecule has 1 saturated heterocycles. The second kappa shape index (κ2) is 31.8. The number of amides is 1. The zero-order valence-corrected chi connectivity index (χ0v) is 34.0. The van der Waals surface area contributed by atoms with Gasteiger partial charge in [-0.2, -0.15) is 0 Å². The summed E-state index contributed by atoms with van der Waals surface area (Å²) in [6.45, 7) is 10.9. The molecule has 11 nitrogen and oxygen atoms in total. The number of hydrogen-bond acceptors (Lipinski definition) is 10. The van der Waals surface area contributed by atoms with Gasteiger partial charge in [0.05, 0.1) is 54.1 Å². The molecule has 5 rings (SSSR count). The minimum atomic E-state index is -0.609. The number of hydrazine groups is 1. The fourth-order valence-electron chi connectivity index (χ4n) is 4.57. The van der Waals surface area contributed by atoms with Gasteiger partial charge in [0.2, 0.25) is 0 Å². The average molecular weight is 773 g/mol. The molecular formula is C44H63BN3O8. The quantitative estimate of drug-likeness (QED) is 0.0488. The van der Waals surface area contributed by atoms with Gasteiger partial charge in [-0.3, -0.25) is 10.2 Å². The van der Waals surface area contributed by atoms with Crippen LogP contribution in [0.2, 0.25) is 0 Å². The van der Waals surface area contributed by atoms with Crippen LogP contribution in [0.1, 0.15) is 55.9 Å². The Morgan fingerprint density at radius 3 is 1.21 bits per heavy atom. The van der Waals surface area contributed by atoms with Crippen molar-refractivity contribution in [3.8, 4) is 0 Å². The molecule has 1 fully saturated rings. The van der Waals surface area contributed by atoms with Crippen LogP contribution in [0.4, 0.5) is 4.79 Å². The number of carbonyl (C=O) groups excluding carboxylic acids is 2. The molecule has 0 aliphatic carbocycles. The van der Waals surface area contributed by atoms with E-state index in [9.17, 15) is 9.59 Å². The minimum Gasteiger partial charge on any atom is -0.443 e. The molecule has 0 aromatic heterocycles. The number of hydrogen-bond donors (Lipinski definition) is 3. The lowest BCUT2D eigenvalue weighted by Crippen LogP contribution is -2.36. The summed E-state index contributed by atoms with van der Waals surface area (Å²) < 4.78 is 31.8. The van der Waals surface area contributed by atoms with Crippen LogP contribution in [0.3, 0.4) is 0 Å². The molecule has 0 atom stereocenters. The third kappa shape index (κ3) is 27.2. The first-order valence-corrected chi connectivity index (χ1v) is 18.6. The van der Waals surface area contributed by atoms with E-state index in [0.29, 0.717) is 39.6 Å². The highest BCUT2D eigenvalue weighted by molar-refractivity contribution is 5.80. The van der Waals surface area contributed by atoms with Gasteiger partial charge in [0, 0.05) is 13.2 Å². The number of Topliss-reactive ketones (excluding diaryl/α,β-unsaturated/α-hetero) is 1. The van der Waals surface area contributed by atoms with Crippen LogP contribution in [-0.2, 0) is 59.6 Å². The van der Waals surface area contributed by atoms with Crippen molar-refractivity contribution in [2.24, 2.45) is 5.84 Å². The second-order valence-electron chi connectivity index (χ2n) is 13.4. The van der Waals surface area contributed by atoms with Crippen LogP contribution >= 0.6 is 0 Å². The molecule has 4 aromatic rings. The Hall–Kier alpha value is -4.40. The van der Waals surface area contributed by atoms with Crippen molar-refractivity contribution < 1.29 is 38.0 Å². The predicted octanol–water partition coefficient (Wildman–Crippen LogP) is 6.26. The van der Waals surface area contributed by atoms with Crippen molar-refractivity contribution >= 4 is 20.3 Å². The Morgan fingerprint density at radius 1 is 0.625 bits per heavy atom. The lowest BCUT2D eigenvalue weighted by molar-refractivity contribution is -0.129. The van der Waals surface area contributed by atoms with Crippen molar-refractivity contribution in [3.63, 3.8) is 0 Å². The summed E-state index contributed by atoms with van der Waals surface area (Å²) in [5.41, 5.74) is 5.90. The van der Waals surface area contributed by atoms with Crippen molar-refractivity contribution in [1.29, 1.82) is 0 Å². The smallest absolute Gasteiger partial charge is 0.421 e. The van der Waals surface area contributed by atoms with Crippen LogP contribution in [0, 0.1) is 0 Å². The van der Waals surface area contributed by atoms with E-state index in [2.05, 4.69) is 29.6 Å². The van der Waals surface area contributed by atoms with Crippen LogP contribution in [-0.4, -0.2) is 78.6 Å². The predicted molar refractivity (Wildman–Crippen MR) is 224 cm³/mol. The number of rotatable bonds is 17. The summed E-state index contributed by atoms with van der Waals surface area (Å²) in [6.07, 6.45) is 1.95. The van der Waals surface area contributed by atoms with Crippen LogP contribution in [0.25, 0.3) is 0 Å². The van der Waals surface area contributed by atoms with Gasteiger partial charge in [-0.25, -0.2) is 10.6 Å². The van der Waals surface area contributed by atoms with Crippen molar-refractivity contribution in [2.75, 3.05) is 46.7 Å². The number of likely N-dealkylation sites (N-methyl/N-ethyl adjacent to an activating group) is 1. The normalized spacial score (nSPS) is 11.7. The minimum absolute atomic E-state index is 0.